The van der Waals surface area contributed by atoms with Crippen LogP contribution in [0.2, 0.25) is 0 Å². The molecule has 1 aromatic carbocycles. The maximum absolute atomic E-state index is 12.2. The second kappa shape index (κ2) is 7.89. The number of benzene rings is 1. The third kappa shape index (κ3) is 5.21. The molecule has 1 N–H and O–H groups in total. The number of hydrogen-bond donors (Lipinski definition) is 1. The largest absolute Gasteiger partial charge is 0.493 e. The summed E-state index contributed by atoms with van der Waals surface area (Å²) in [5.41, 5.74) is 0.825. The van der Waals surface area contributed by atoms with Gasteiger partial charge in [0.1, 0.15) is 5.38 Å². The molecule has 0 aliphatic rings. The summed E-state index contributed by atoms with van der Waals surface area (Å²) in [6.45, 7) is -0.927. The van der Waals surface area contributed by atoms with Crippen molar-refractivity contribution in [2.75, 3.05) is 13.7 Å². The van der Waals surface area contributed by atoms with E-state index < -0.39 is 12.0 Å². The zero-order chi connectivity index (χ0) is 15.1. The molecule has 0 saturated carbocycles. The van der Waals surface area contributed by atoms with E-state index in [1.165, 1.54) is 13.2 Å². The Morgan fingerprint density at radius 2 is 2.10 bits per heavy atom. The molecule has 1 amide bonds. The molecule has 20 heavy (non-hydrogen) atoms. The highest BCUT2D eigenvalue weighted by Crippen LogP contribution is 2.29. The van der Waals surface area contributed by atoms with Gasteiger partial charge in [-0.2, -0.15) is 8.78 Å². The summed E-state index contributed by atoms with van der Waals surface area (Å²) in [6, 6.07) is 4.64. The lowest BCUT2D eigenvalue weighted by molar-refractivity contribution is -0.120. The Labute approximate surface area is 121 Å². The van der Waals surface area contributed by atoms with Gasteiger partial charge in [0.2, 0.25) is 5.91 Å². The predicted molar refractivity (Wildman–Crippen MR) is 71.7 cm³/mol. The maximum Gasteiger partial charge on any atom is 0.387 e. The molecule has 0 bridgehead atoms. The number of alkyl halides is 3. The first-order valence-corrected chi connectivity index (χ1v) is 6.41. The lowest BCUT2D eigenvalue weighted by Crippen LogP contribution is -2.31. The Morgan fingerprint density at radius 3 is 2.65 bits per heavy atom. The average molecular weight is 308 g/mol. The molecule has 7 heteroatoms. The number of nitrogens with one attached hydrogen (secondary N) is 1. The first-order chi connectivity index (χ1) is 9.43. The van der Waals surface area contributed by atoms with Gasteiger partial charge in [0, 0.05) is 6.54 Å². The van der Waals surface area contributed by atoms with Gasteiger partial charge in [-0.15, -0.1) is 11.6 Å². The zero-order valence-electron chi connectivity index (χ0n) is 11.2. The molecule has 0 fully saturated rings. The van der Waals surface area contributed by atoms with Crippen LogP contribution < -0.4 is 14.8 Å². The molecule has 1 rings (SSSR count). The van der Waals surface area contributed by atoms with Crippen LogP contribution in [-0.2, 0) is 11.2 Å². The van der Waals surface area contributed by atoms with Crippen molar-refractivity contribution in [2.45, 2.75) is 25.3 Å². The summed E-state index contributed by atoms with van der Waals surface area (Å²) in [4.78, 5) is 11.3. The van der Waals surface area contributed by atoms with Gasteiger partial charge in [-0.25, -0.2) is 0 Å². The topological polar surface area (TPSA) is 47.6 Å². The fraction of sp³-hybridized carbons (Fsp3) is 0.462. The minimum Gasteiger partial charge on any atom is -0.493 e. The van der Waals surface area contributed by atoms with Gasteiger partial charge in [-0.3, -0.25) is 4.79 Å². The molecule has 0 spiro atoms. The number of amides is 1. The van der Waals surface area contributed by atoms with Gasteiger partial charge in [0.05, 0.1) is 7.11 Å². The molecule has 0 radical (unpaired) electrons. The highest BCUT2D eigenvalue weighted by molar-refractivity contribution is 6.30. The zero-order valence-corrected chi connectivity index (χ0v) is 11.9. The maximum atomic E-state index is 12.2. The van der Waals surface area contributed by atoms with Crippen molar-refractivity contribution in [2.24, 2.45) is 0 Å². The van der Waals surface area contributed by atoms with Crippen molar-refractivity contribution in [3.05, 3.63) is 23.8 Å². The predicted octanol–water partition coefficient (Wildman–Crippen LogP) is 2.58. The summed E-state index contributed by atoms with van der Waals surface area (Å²) in [5.74, 6) is -0.0548. The molecule has 4 nitrogen and oxygen atoms in total. The monoisotopic (exact) mass is 307 g/mol. The van der Waals surface area contributed by atoms with Crippen LogP contribution in [0.1, 0.15) is 12.5 Å². The van der Waals surface area contributed by atoms with Crippen LogP contribution >= 0.6 is 11.6 Å². The smallest absolute Gasteiger partial charge is 0.387 e. The summed E-state index contributed by atoms with van der Waals surface area (Å²) >= 11 is 5.61. The Bertz CT molecular complexity index is 455. The van der Waals surface area contributed by atoms with E-state index in [1.807, 2.05) is 0 Å². The second-order valence-electron chi connectivity index (χ2n) is 4.02. The number of ether oxygens (including phenoxy) is 2. The fourth-order valence-corrected chi connectivity index (χ4v) is 1.61. The van der Waals surface area contributed by atoms with Gasteiger partial charge in [-0.1, -0.05) is 6.07 Å². The number of methoxy groups -OCH3 is 1. The summed E-state index contributed by atoms with van der Waals surface area (Å²) in [6.07, 6.45) is 0.528. The number of hydrogen-bond acceptors (Lipinski definition) is 3. The van der Waals surface area contributed by atoms with Crippen LogP contribution in [-0.4, -0.2) is 31.6 Å². The normalized spacial score (nSPS) is 12.1. The molecule has 1 atom stereocenters. The van der Waals surface area contributed by atoms with Crippen molar-refractivity contribution >= 4 is 17.5 Å². The third-order valence-corrected chi connectivity index (χ3v) is 2.72. The fourth-order valence-electron chi connectivity index (χ4n) is 1.53. The first kappa shape index (κ1) is 16.5. The Hall–Kier alpha value is -1.56. The van der Waals surface area contributed by atoms with E-state index in [1.54, 1.807) is 19.1 Å². The number of rotatable bonds is 7. The van der Waals surface area contributed by atoms with E-state index in [-0.39, 0.29) is 17.4 Å². The van der Waals surface area contributed by atoms with E-state index in [0.717, 1.165) is 5.56 Å². The van der Waals surface area contributed by atoms with E-state index >= 15 is 0 Å². The Morgan fingerprint density at radius 1 is 1.40 bits per heavy atom. The molecular weight excluding hydrogens is 292 g/mol. The van der Waals surface area contributed by atoms with Crippen LogP contribution in [0.5, 0.6) is 11.5 Å². The SMILES string of the molecule is COc1cc(CCNC(=O)C(C)Cl)ccc1OC(F)F. The van der Waals surface area contributed by atoms with Gasteiger partial charge in [0.15, 0.2) is 11.5 Å². The van der Waals surface area contributed by atoms with Crippen LogP contribution in [0, 0.1) is 0 Å². The quantitative estimate of drug-likeness (QED) is 0.788. The van der Waals surface area contributed by atoms with E-state index in [0.29, 0.717) is 13.0 Å². The summed E-state index contributed by atoms with van der Waals surface area (Å²) < 4.78 is 33.6. The van der Waals surface area contributed by atoms with E-state index in [2.05, 4.69) is 10.1 Å². The van der Waals surface area contributed by atoms with Crippen LogP contribution in [0.15, 0.2) is 18.2 Å². The van der Waals surface area contributed by atoms with Crippen molar-refractivity contribution in [3.8, 4) is 11.5 Å². The van der Waals surface area contributed by atoms with Crippen LogP contribution in [0.4, 0.5) is 8.78 Å². The molecule has 1 unspecified atom stereocenters. The van der Waals surface area contributed by atoms with Crippen molar-refractivity contribution in [1.82, 2.24) is 5.32 Å². The first-order valence-electron chi connectivity index (χ1n) is 5.97. The average Bonchev–Trinajstić information content (AvgIpc) is 2.39. The molecule has 0 heterocycles. The molecule has 1 aromatic rings. The van der Waals surface area contributed by atoms with Gasteiger partial charge in [0.25, 0.3) is 0 Å². The standard InChI is InChI=1S/C13H16ClF2NO3/c1-8(14)12(18)17-6-5-9-3-4-10(20-13(15)16)11(7-9)19-2/h3-4,7-8,13H,5-6H2,1-2H3,(H,17,18). The summed E-state index contributed by atoms with van der Waals surface area (Å²) in [5, 5.41) is 2.06. The minimum atomic E-state index is -2.90. The Balaban J connectivity index is 2.61. The van der Waals surface area contributed by atoms with E-state index in [4.69, 9.17) is 16.3 Å². The highest BCUT2D eigenvalue weighted by Gasteiger charge is 2.11. The molecular formula is C13H16ClF2NO3. The summed E-state index contributed by atoms with van der Waals surface area (Å²) in [7, 11) is 1.37. The lowest BCUT2D eigenvalue weighted by atomic mass is 10.1. The van der Waals surface area contributed by atoms with Crippen molar-refractivity contribution in [1.29, 1.82) is 0 Å². The van der Waals surface area contributed by atoms with Crippen LogP contribution in [0.3, 0.4) is 0 Å². The molecule has 0 aromatic heterocycles. The lowest BCUT2D eigenvalue weighted by Gasteiger charge is -2.12. The van der Waals surface area contributed by atoms with E-state index in [9.17, 15) is 13.6 Å². The van der Waals surface area contributed by atoms with Gasteiger partial charge < -0.3 is 14.8 Å². The van der Waals surface area contributed by atoms with Crippen molar-refractivity contribution < 1.29 is 23.0 Å². The minimum absolute atomic E-state index is 0.0235. The highest BCUT2D eigenvalue weighted by atomic mass is 35.5. The molecule has 0 saturated heterocycles. The number of halogens is 3. The molecule has 112 valence electrons. The second-order valence-corrected chi connectivity index (χ2v) is 4.68. The number of carbonyl (C=O) groups is 1. The molecule has 0 aliphatic carbocycles. The Kier molecular flexibility index (Phi) is 6.51. The van der Waals surface area contributed by atoms with Crippen LogP contribution in [0.25, 0.3) is 0 Å². The third-order valence-electron chi connectivity index (χ3n) is 2.52. The van der Waals surface area contributed by atoms with Crippen molar-refractivity contribution in [3.63, 3.8) is 0 Å². The molecule has 0 aliphatic heterocycles. The van der Waals surface area contributed by atoms with Gasteiger partial charge >= 0.3 is 6.61 Å². The van der Waals surface area contributed by atoms with Gasteiger partial charge in [-0.05, 0) is 31.0 Å². The number of carbonyl (C=O) groups excluding carboxylic acids is 1.